The van der Waals surface area contributed by atoms with Crippen molar-refractivity contribution in [3.8, 4) is 11.5 Å². The molecule has 0 unspecified atom stereocenters. The Hall–Kier alpha value is -1.92. The van der Waals surface area contributed by atoms with Gasteiger partial charge in [-0.1, -0.05) is 0 Å². The first-order valence-electron chi connectivity index (χ1n) is 12.1. The molecule has 1 aromatic rings. The van der Waals surface area contributed by atoms with Crippen LogP contribution in [0.15, 0.2) is 24.3 Å². The quantitative estimate of drug-likeness (QED) is 0.364. The van der Waals surface area contributed by atoms with Gasteiger partial charge in [-0.05, 0) is 100 Å². The molecule has 0 aliphatic heterocycles. The Kier molecular flexibility index (Phi) is 10.0. The Bertz CT molecular complexity index is 639. The topological polar surface area (TPSA) is 71.1 Å². The Labute approximate surface area is 191 Å². The van der Waals surface area contributed by atoms with Crippen molar-refractivity contribution < 1.29 is 28.5 Å². The van der Waals surface area contributed by atoms with Crippen LogP contribution in [0.2, 0.25) is 0 Å². The minimum Gasteiger partial charge on any atom is -0.426 e. The van der Waals surface area contributed by atoms with Gasteiger partial charge >= 0.3 is 11.9 Å². The number of carbonyl (C=O) groups is 2. The molecular formula is C26H38O6. The summed E-state index contributed by atoms with van der Waals surface area (Å²) in [6.07, 6.45) is 9.80. The first-order chi connectivity index (χ1) is 15.6. The lowest BCUT2D eigenvalue weighted by Crippen LogP contribution is -2.26. The van der Waals surface area contributed by atoms with Crippen LogP contribution in [0.4, 0.5) is 0 Å². The van der Waals surface area contributed by atoms with Crippen LogP contribution < -0.4 is 9.47 Å². The van der Waals surface area contributed by atoms with Crippen molar-refractivity contribution in [2.45, 2.75) is 64.2 Å². The number of benzene rings is 1. The number of hydrogen-bond acceptors (Lipinski definition) is 6. The molecule has 2 aliphatic rings. The fourth-order valence-electron chi connectivity index (χ4n) is 4.92. The lowest BCUT2D eigenvalue weighted by atomic mass is 9.81. The SMILES string of the molecule is COCCC1CCC(C(=O)Oc2ccc(OC(=O)C3CCC(CCOC)CC3)cc2)CC1. The summed E-state index contributed by atoms with van der Waals surface area (Å²) in [4.78, 5) is 25.0. The molecule has 0 amide bonds. The van der Waals surface area contributed by atoms with Gasteiger partial charge in [0.15, 0.2) is 0 Å². The second-order valence-corrected chi connectivity index (χ2v) is 9.31. The average Bonchev–Trinajstić information content (AvgIpc) is 2.83. The summed E-state index contributed by atoms with van der Waals surface area (Å²) in [7, 11) is 3.45. The summed E-state index contributed by atoms with van der Waals surface area (Å²) in [6, 6.07) is 6.80. The molecule has 2 fully saturated rings. The summed E-state index contributed by atoms with van der Waals surface area (Å²) < 4.78 is 21.5. The van der Waals surface area contributed by atoms with Crippen LogP contribution in [0.1, 0.15) is 64.2 Å². The maximum Gasteiger partial charge on any atom is 0.314 e. The fraction of sp³-hybridized carbons (Fsp3) is 0.692. The predicted octanol–water partition coefficient (Wildman–Crippen LogP) is 5.18. The van der Waals surface area contributed by atoms with Crippen LogP contribution in [0.5, 0.6) is 11.5 Å². The summed E-state index contributed by atoms with van der Waals surface area (Å²) >= 11 is 0. The van der Waals surface area contributed by atoms with E-state index in [9.17, 15) is 9.59 Å². The molecule has 3 rings (SSSR count). The van der Waals surface area contributed by atoms with E-state index in [4.69, 9.17) is 18.9 Å². The van der Waals surface area contributed by atoms with Gasteiger partial charge in [0, 0.05) is 27.4 Å². The number of hydrogen-bond donors (Lipinski definition) is 0. The molecule has 178 valence electrons. The number of ether oxygens (including phenoxy) is 4. The molecule has 32 heavy (non-hydrogen) atoms. The molecule has 0 spiro atoms. The molecular weight excluding hydrogens is 408 g/mol. The molecule has 2 aliphatic carbocycles. The van der Waals surface area contributed by atoms with E-state index in [0.29, 0.717) is 23.3 Å². The minimum atomic E-state index is -0.162. The van der Waals surface area contributed by atoms with Crippen LogP contribution in [0.3, 0.4) is 0 Å². The van der Waals surface area contributed by atoms with Crippen molar-refractivity contribution in [3.63, 3.8) is 0 Å². The highest BCUT2D eigenvalue weighted by atomic mass is 16.5. The van der Waals surface area contributed by atoms with E-state index in [1.807, 2.05) is 0 Å². The van der Waals surface area contributed by atoms with Crippen LogP contribution in [0, 0.1) is 23.7 Å². The van der Waals surface area contributed by atoms with Crippen LogP contribution in [-0.4, -0.2) is 39.4 Å². The van der Waals surface area contributed by atoms with Crippen molar-refractivity contribution in [1.29, 1.82) is 0 Å². The van der Waals surface area contributed by atoms with Crippen molar-refractivity contribution in [2.24, 2.45) is 23.7 Å². The van der Waals surface area contributed by atoms with E-state index in [2.05, 4.69) is 0 Å². The van der Waals surface area contributed by atoms with Crippen LogP contribution in [0.25, 0.3) is 0 Å². The lowest BCUT2D eigenvalue weighted by Gasteiger charge is -2.27. The third-order valence-electron chi connectivity index (χ3n) is 7.08. The molecule has 0 N–H and O–H groups in total. The van der Waals surface area contributed by atoms with E-state index < -0.39 is 0 Å². The number of carbonyl (C=O) groups excluding carboxylic acids is 2. The lowest BCUT2D eigenvalue weighted by molar-refractivity contribution is -0.141. The van der Waals surface area contributed by atoms with Gasteiger partial charge in [0.2, 0.25) is 0 Å². The smallest absolute Gasteiger partial charge is 0.314 e. The van der Waals surface area contributed by atoms with E-state index in [1.165, 1.54) is 0 Å². The van der Waals surface area contributed by atoms with Gasteiger partial charge in [-0.2, -0.15) is 0 Å². The van der Waals surface area contributed by atoms with Gasteiger partial charge in [-0.25, -0.2) is 0 Å². The van der Waals surface area contributed by atoms with Gasteiger partial charge < -0.3 is 18.9 Å². The second-order valence-electron chi connectivity index (χ2n) is 9.31. The van der Waals surface area contributed by atoms with Gasteiger partial charge in [0.05, 0.1) is 11.8 Å². The average molecular weight is 447 g/mol. The van der Waals surface area contributed by atoms with Crippen LogP contribution in [-0.2, 0) is 19.1 Å². The Balaban J connectivity index is 1.39. The molecule has 0 saturated heterocycles. The van der Waals surface area contributed by atoms with E-state index in [-0.39, 0.29) is 23.8 Å². The molecule has 0 bridgehead atoms. The van der Waals surface area contributed by atoms with Crippen molar-refractivity contribution in [1.82, 2.24) is 0 Å². The molecule has 0 aromatic heterocycles. The monoisotopic (exact) mass is 446 g/mol. The summed E-state index contributed by atoms with van der Waals surface area (Å²) in [6.45, 7) is 1.57. The minimum absolute atomic E-state index is 0.0367. The van der Waals surface area contributed by atoms with E-state index >= 15 is 0 Å². The number of rotatable bonds is 10. The standard InChI is InChI=1S/C26H38O6/c1-29-17-15-19-3-7-21(8-4-19)25(27)31-23-11-13-24(14-12-23)32-26(28)22-9-5-20(6-10-22)16-18-30-2/h11-14,19-22H,3-10,15-18H2,1-2H3. The highest BCUT2D eigenvalue weighted by molar-refractivity contribution is 5.76. The third kappa shape index (κ3) is 7.59. The largest absolute Gasteiger partial charge is 0.426 e. The van der Waals surface area contributed by atoms with Crippen molar-refractivity contribution in [2.75, 3.05) is 27.4 Å². The Morgan fingerprint density at radius 3 is 1.31 bits per heavy atom. The van der Waals surface area contributed by atoms with E-state index in [1.54, 1.807) is 38.5 Å². The Morgan fingerprint density at radius 2 is 1.00 bits per heavy atom. The fourth-order valence-corrected chi connectivity index (χ4v) is 4.92. The van der Waals surface area contributed by atoms with Gasteiger partial charge in [0.25, 0.3) is 0 Å². The maximum atomic E-state index is 12.5. The molecule has 2 saturated carbocycles. The normalized spacial score (nSPS) is 25.8. The second kappa shape index (κ2) is 12.9. The highest BCUT2D eigenvalue weighted by Gasteiger charge is 2.29. The third-order valence-corrected chi connectivity index (χ3v) is 7.08. The predicted molar refractivity (Wildman–Crippen MR) is 122 cm³/mol. The first-order valence-corrected chi connectivity index (χ1v) is 12.1. The van der Waals surface area contributed by atoms with Gasteiger partial charge in [-0.15, -0.1) is 0 Å². The zero-order valence-electron chi connectivity index (χ0n) is 19.6. The molecule has 0 heterocycles. The molecule has 0 atom stereocenters. The maximum absolute atomic E-state index is 12.5. The van der Waals surface area contributed by atoms with Gasteiger partial charge in [0.1, 0.15) is 11.5 Å². The highest BCUT2D eigenvalue weighted by Crippen LogP contribution is 2.33. The molecule has 1 aromatic carbocycles. The zero-order chi connectivity index (χ0) is 22.8. The number of esters is 2. The van der Waals surface area contributed by atoms with Gasteiger partial charge in [-0.3, -0.25) is 9.59 Å². The molecule has 6 heteroatoms. The molecule has 6 nitrogen and oxygen atoms in total. The molecule has 0 radical (unpaired) electrons. The van der Waals surface area contributed by atoms with Crippen LogP contribution >= 0.6 is 0 Å². The number of methoxy groups -OCH3 is 2. The van der Waals surface area contributed by atoms with E-state index in [0.717, 1.165) is 77.4 Å². The summed E-state index contributed by atoms with van der Waals surface area (Å²) in [5, 5.41) is 0. The summed E-state index contributed by atoms with van der Waals surface area (Å²) in [5.41, 5.74) is 0. The summed E-state index contributed by atoms with van der Waals surface area (Å²) in [5.74, 6) is 1.89. The first kappa shape index (κ1) is 24.7. The Morgan fingerprint density at radius 1 is 0.656 bits per heavy atom. The zero-order valence-corrected chi connectivity index (χ0v) is 19.6. The van der Waals surface area contributed by atoms with Crippen molar-refractivity contribution in [3.05, 3.63) is 24.3 Å². The van der Waals surface area contributed by atoms with Crippen molar-refractivity contribution >= 4 is 11.9 Å².